The molecule has 98 valence electrons. The van der Waals surface area contributed by atoms with Gasteiger partial charge in [0.15, 0.2) is 0 Å². The molecule has 0 bridgehead atoms. The molecule has 0 aliphatic rings. The van der Waals surface area contributed by atoms with Gasteiger partial charge in [-0.25, -0.2) is 8.42 Å². The van der Waals surface area contributed by atoms with E-state index in [0.29, 0.717) is 0 Å². The van der Waals surface area contributed by atoms with E-state index in [2.05, 4.69) is 61.6 Å². The molecule has 0 unspecified atom stereocenters. The van der Waals surface area contributed by atoms with E-state index < -0.39 is 11.3 Å². The third-order valence-electron chi connectivity index (χ3n) is 1.86. The molecular formula is C11H15Br3O2S. The minimum Gasteiger partial charge on any atom is -0.220 e. The molecular weight excluding hydrogens is 436 g/mol. The number of halogens is 3. The summed E-state index contributed by atoms with van der Waals surface area (Å²) in [4.78, 5) is 0.251. The average molecular weight is 451 g/mol. The van der Waals surface area contributed by atoms with Crippen LogP contribution in [0, 0.1) is 0 Å². The standard InChI is InChI=1S/C7H5Br3O2S.C4H10/c8-7(9,10)13(11,12)6-4-2-1-3-5-6;1-3-4-2/h1-5H;3-4H2,1-2H3. The summed E-state index contributed by atoms with van der Waals surface area (Å²) in [6.07, 6.45) is 2.64. The number of hydrogen-bond acceptors (Lipinski definition) is 2. The fraction of sp³-hybridized carbons (Fsp3) is 0.455. The van der Waals surface area contributed by atoms with Crippen LogP contribution >= 0.6 is 47.8 Å². The molecule has 0 aromatic heterocycles. The zero-order chi connectivity index (χ0) is 13.5. The highest BCUT2D eigenvalue weighted by atomic mass is 80.0. The van der Waals surface area contributed by atoms with Crippen LogP contribution in [0.3, 0.4) is 0 Å². The zero-order valence-electron chi connectivity index (χ0n) is 9.66. The molecule has 0 N–H and O–H groups in total. The molecule has 2 nitrogen and oxygen atoms in total. The fourth-order valence-electron chi connectivity index (χ4n) is 0.733. The van der Waals surface area contributed by atoms with Crippen LogP contribution in [0.5, 0.6) is 0 Å². The van der Waals surface area contributed by atoms with Crippen molar-refractivity contribution < 1.29 is 8.42 Å². The molecule has 0 radical (unpaired) electrons. The Balaban J connectivity index is 0.000000557. The highest BCUT2D eigenvalue weighted by Crippen LogP contribution is 2.42. The van der Waals surface area contributed by atoms with Crippen molar-refractivity contribution in [1.82, 2.24) is 0 Å². The predicted molar refractivity (Wildman–Crippen MR) is 83.7 cm³/mol. The number of benzene rings is 1. The molecule has 0 spiro atoms. The van der Waals surface area contributed by atoms with Crippen molar-refractivity contribution in [3.8, 4) is 0 Å². The Morgan fingerprint density at radius 2 is 1.41 bits per heavy atom. The van der Waals surface area contributed by atoms with Crippen molar-refractivity contribution in [2.45, 2.75) is 33.1 Å². The first-order valence-corrected chi connectivity index (χ1v) is 9.00. The first-order chi connectivity index (χ1) is 7.77. The number of rotatable bonds is 2. The van der Waals surface area contributed by atoms with E-state index in [-0.39, 0.29) is 4.90 Å². The Labute approximate surface area is 128 Å². The topological polar surface area (TPSA) is 34.1 Å². The van der Waals surface area contributed by atoms with E-state index in [9.17, 15) is 8.42 Å². The Hall–Kier alpha value is 0.610. The molecule has 0 saturated carbocycles. The van der Waals surface area contributed by atoms with Gasteiger partial charge in [-0.3, -0.25) is 0 Å². The number of alkyl halides is 3. The van der Waals surface area contributed by atoms with Crippen LogP contribution in [-0.4, -0.2) is 9.89 Å². The van der Waals surface area contributed by atoms with Crippen molar-refractivity contribution in [2.24, 2.45) is 0 Å². The van der Waals surface area contributed by atoms with Gasteiger partial charge in [-0.05, 0) is 59.9 Å². The summed E-state index contributed by atoms with van der Waals surface area (Å²) in [5.41, 5.74) is 0. The summed E-state index contributed by atoms with van der Waals surface area (Å²) in [7, 11) is -3.43. The van der Waals surface area contributed by atoms with Gasteiger partial charge in [-0.1, -0.05) is 44.9 Å². The quantitative estimate of drug-likeness (QED) is 0.590. The van der Waals surface area contributed by atoms with Gasteiger partial charge >= 0.3 is 0 Å². The number of sulfone groups is 1. The van der Waals surface area contributed by atoms with Gasteiger partial charge in [-0.15, -0.1) is 0 Å². The largest absolute Gasteiger partial charge is 0.239 e. The monoisotopic (exact) mass is 448 g/mol. The van der Waals surface area contributed by atoms with E-state index >= 15 is 0 Å². The first kappa shape index (κ1) is 17.6. The van der Waals surface area contributed by atoms with E-state index in [1.54, 1.807) is 18.2 Å². The molecule has 1 aromatic rings. The highest BCUT2D eigenvalue weighted by molar-refractivity contribution is 9.42. The predicted octanol–water partition coefficient (Wildman–Crippen LogP) is 5.06. The second-order valence-corrected chi connectivity index (χ2v) is 13.7. The third kappa shape index (κ3) is 5.85. The van der Waals surface area contributed by atoms with Crippen molar-refractivity contribution >= 4 is 57.6 Å². The van der Waals surface area contributed by atoms with Crippen molar-refractivity contribution in [1.29, 1.82) is 0 Å². The van der Waals surface area contributed by atoms with Gasteiger partial charge < -0.3 is 0 Å². The molecule has 0 aliphatic heterocycles. The molecule has 0 aliphatic carbocycles. The smallest absolute Gasteiger partial charge is 0.220 e. The molecule has 6 heteroatoms. The fourth-order valence-corrected chi connectivity index (χ4v) is 3.20. The van der Waals surface area contributed by atoms with Gasteiger partial charge in [0, 0.05) is 0 Å². The minimum atomic E-state index is -3.43. The maximum atomic E-state index is 11.7. The minimum absolute atomic E-state index is 0.251. The molecule has 0 heterocycles. The van der Waals surface area contributed by atoms with Gasteiger partial charge in [-0.2, -0.15) is 0 Å². The van der Waals surface area contributed by atoms with Gasteiger partial charge in [0.05, 0.1) is 4.90 Å². The highest BCUT2D eigenvalue weighted by Gasteiger charge is 2.36. The summed E-state index contributed by atoms with van der Waals surface area (Å²) in [6.45, 7) is 4.36. The lowest BCUT2D eigenvalue weighted by Crippen LogP contribution is -2.17. The molecule has 0 amide bonds. The van der Waals surface area contributed by atoms with Gasteiger partial charge in [0.2, 0.25) is 11.3 Å². The Morgan fingerprint density at radius 3 is 1.71 bits per heavy atom. The lowest BCUT2D eigenvalue weighted by atomic mass is 10.4. The van der Waals surface area contributed by atoms with Crippen molar-refractivity contribution in [2.75, 3.05) is 0 Å². The molecule has 0 saturated heterocycles. The molecule has 0 atom stereocenters. The van der Waals surface area contributed by atoms with E-state index in [4.69, 9.17) is 0 Å². The molecule has 1 aromatic carbocycles. The molecule has 1 rings (SSSR count). The zero-order valence-corrected chi connectivity index (χ0v) is 15.2. The Morgan fingerprint density at radius 1 is 1.00 bits per heavy atom. The van der Waals surface area contributed by atoms with E-state index in [1.165, 1.54) is 25.0 Å². The van der Waals surface area contributed by atoms with Crippen LogP contribution in [0.1, 0.15) is 26.7 Å². The van der Waals surface area contributed by atoms with Crippen LogP contribution in [0.2, 0.25) is 0 Å². The Bertz CT molecular complexity index is 408. The summed E-state index contributed by atoms with van der Waals surface area (Å²) in [5, 5.41) is 0. The molecule has 0 fully saturated rings. The maximum absolute atomic E-state index is 11.7. The van der Waals surface area contributed by atoms with Crippen molar-refractivity contribution in [3.05, 3.63) is 30.3 Å². The number of hydrogen-bond donors (Lipinski definition) is 0. The lowest BCUT2D eigenvalue weighted by molar-refractivity contribution is 0.599. The van der Waals surface area contributed by atoms with Gasteiger partial charge in [0.1, 0.15) is 0 Å². The number of unbranched alkanes of at least 4 members (excludes halogenated alkanes) is 1. The third-order valence-corrected chi connectivity index (χ3v) is 7.20. The summed E-state index contributed by atoms with van der Waals surface area (Å²) < 4.78 is 22.1. The second kappa shape index (κ2) is 7.92. The molecule has 17 heavy (non-hydrogen) atoms. The Kier molecular flexibility index (Phi) is 8.20. The van der Waals surface area contributed by atoms with Crippen LogP contribution < -0.4 is 0 Å². The summed E-state index contributed by atoms with van der Waals surface area (Å²) in [5.74, 6) is 0. The van der Waals surface area contributed by atoms with Crippen LogP contribution in [-0.2, 0) is 9.84 Å². The lowest BCUT2D eigenvalue weighted by Gasteiger charge is -2.12. The maximum Gasteiger partial charge on any atom is 0.239 e. The summed E-state index contributed by atoms with van der Waals surface area (Å²) in [6, 6.07) is 8.18. The van der Waals surface area contributed by atoms with Crippen molar-refractivity contribution in [3.63, 3.8) is 0 Å². The SMILES string of the molecule is CCCC.O=S(=O)(c1ccccc1)C(Br)(Br)Br. The first-order valence-electron chi connectivity index (χ1n) is 5.13. The summed E-state index contributed by atoms with van der Waals surface area (Å²) >= 11 is 8.95. The normalized spacial score (nSPS) is 11.6. The second-order valence-electron chi connectivity index (χ2n) is 3.26. The van der Waals surface area contributed by atoms with Crippen LogP contribution in [0.15, 0.2) is 35.2 Å². The van der Waals surface area contributed by atoms with Gasteiger partial charge in [0.25, 0.3) is 0 Å². The van der Waals surface area contributed by atoms with Crippen LogP contribution in [0.25, 0.3) is 0 Å². The average Bonchev–Trinajstić information content (AvgIpc) is 2.29. The van der Waals surface area contributed by atoms with E-state index in [1.807, 2.05) is 0 Å². The van der Waals surface area contributed by atoms with Crippen LogP contribution in [0.4, 0.5) is 0 Å². The van der Waals surface area contributed by atoms with E-state index in [0.717, 1.165) is 0 Å².